The number of unbranched alkanes of at least 4 members (excludes halogenated alkanes) is 3. The molecule has 0 heterocycles. The maximum absolute atomic E-state index is 13.2. The van der Waals surface area contributed by atoms with Crippen LogP contribution in [0, 0.1) is 10.1 Å². The predicted octanol–water partition coefficient (Wildman–Crippen LogP) is 3.16. The number of benzene rings is 3. The van der Waals surface area contributed by atoms with Gasteiger partial charge >= 0.3 is 26.0 Å². The van der Waals surface area contributed by atoms with E-state index in [-0.39, 0.29) is 56.9 Å². The normalized spacial score (nSPS) is 12.3. The Balaban J connectivity index is 1.50. The van der Waals surface area contributed by atoms with Gasteiger partial charge in [-0.3, -0.25) is 33.8 Å². The van der Waals surface area contributed by atoms with Gasteiger partial charge in [0.15, 0.2) is 6.04 Å². The zero-order valence-corrected chi connectivity index (χ0v) is 35.9. The largest absolute Gasteiger partial charge is 0.480 e. The van der Waals surface area contributed by atoms with Gasteiger partial charge in [-0.15, -0.1) is 0 Å². The Morgan fingerprint density at radius 2 is 1.22 bits per heavy atom. The SMILES string of the molecule is O=C(C[C@H](NC(=O)CCCCCNC(=O)[C@H](CCCCNC(=O)OCc1ccccc1)NC(=O)OCc1ccccc1)C(=O)Nc1ccc([N+](=O)[O-])cc1)N[C@@H](COP(=O)(O)O)C(=O)O. The van der Waals surface area contributed by atoms with E-state index in [2.05, 4.69) is 31.1 Å². The highest BCUT2D eigenvalue weighted by Crippen LogP contribution is 2.35. The molecule has 65 heavy (non-hydrogen) atoms. The van der Waals surface area contributed by atoms with Gasteiger partial charge in [-0.1, -0.05) is 67.1 Å². The fourth-order valence-electron chi connectivity index (χ4n) is 5.69. The van der Waals surface area contributed by atoms with Crippen LogP contribution in [0.3, 0.4) is 0 Å². The lowest BCUT2D eigenvalue weighted by molar-refractivity contribution is -0.384. The predicted molar refractivity (Wildman–Crippen MR) is 229 cm³/mol. The van der Waals surface area contributed by atoms with Crippen LogP contribution in [0.4, 0.5) is 21.0 Å². The molecule has 0 aromatic heterocycles. The average molecular weight is 930 g/mol. The van der Waals surface area contributed by atoms with E-state index in [1.807, 2.05) is 41.7 Å². The summed E-state index contributed by atoms with van der Waals surface area (Å²) >= 11 is 0. The minimum atomic E-state index is -5.11. The molecule has 23 nitrogen and oxygen atoms in total. The molecule has 24 heteroatoms. The number of carbonyl (C=O) groups excluding carboxylic acids is 6. The van der Waals surface area contributed by atoms with Gasteiger partial charge in [0.05, 0.1) is 18.0 Å². The summed E-state index contributed by atoms with van der Waals surface area (Å²) in [7, 11) is -5.11. The van der Waals surface area contributed by atoms with Crippen molar-refractivity contribution in [3.8, 4) is 0 Å². The fraction of sp³-hybridized carbons (Fsp3) is 0.390. The zero-order chi connectivity index (χ0) is 47.6. The summed E-state index contributed by atoms with van der Waals surface area (Å²) in [6.07, 6.45) is -0.246. The van der Waals surface area contributed by atoms with Crippen molar-refractivity contribution in [2.45, 2.75) is 82.7 Å². The summed E-state index contributed by atoms with van der Waals surface area (Å²) in [6, 6.07) is 18.2. The third kappa shape index (κ3) is 22.3. The number of nitrogens with zero attached hydrogens (tertiary/aromatic N) is 1. The van der Waals surface area contributed by atoms with Crippen LogP contribution >= 0.6 is 7.82 Å². The topological polar surface area (TPSA) is 340 Å². The number of amides is 6. The van der Waals surface area contributed by atoms with E-state index in [1.165, 1.54) is 12.1 Å². The molecule has 0 aliphatic rings. The maximum Gasteiger partial charge on any atom is 0.469 e. The summed E-state index contributed by atoms with van der Waals surface area (Å²) < 4.78 is 25.7. The van der Waals surface area contributed by atoms with Crippen molar-refractivity contribution in [3.63, 3.8) is 0 Å². The summed E-state index contributed by atoms with van der Waals surface area (Å²) in [5, 5.41) is 35.2. The first-order valence-electron chi connectivity index (χ1n) is 20.3. The van der Waals surface area contributed by atoms with E-state index in [0.29, 0.717) is 25.7 Å². The van der Waals surface area contributed by atoms with Crippen molar-refractivity contribution in [1.29, 1.82) is 0 Å². The number of nitrogens with one attached hydrogen (secondary N) is 6. The molecular formula is C41H52N7O16P. The lowest BCUT2D eigenvalue weighted by Crippen LogP contribution is -2.50. The highest BCUT2D eigenvalue weighted by atomic mass is 31.2. The molecule has 0 unspecified atom stereocenters. The van der Waals surface area contributed by atoms with Crippen LogP contribution in [0.5, 0.6) is 0 Å². The van der Waals surface area contributed by atoms with E-state index in [1.54, 1.807) is 24.3 Å². The molecule has 0 aliphatic carbocycles. The molecule has 0 saturated carbocycles. The van der Waals surface area contributed by atoms with E-state index in [0.717, 1.165) is 23.3 Å². The van der Waals surface area contributed by atoms with Crippen molar-refractivity contribution in [3.05, 3.63) is 106 Å². The molecule has 3 aromatic rings. The smallest absolute Gasteiger partial charge is 0.469 e. The van der Waals surface area contributed by atoms with Crippen LogP contribution in [-0.2, 0) is 55.7 Å². The molecule has 0 aliphatic heterocycles. The number of aliphatic carboxylic acids is 1. The Morgan fingerprint density at radius 1 is 0.646 bits per heavy atom. The second-order valence-electron chi connectivity index (χ2n) is 14.2. The first kappa shape index (κ1) is 52.4. The number of phosphoric acid groups is 1. The van der Waals surface area contributed by atoms with Gasteiger partial charge in [-0.25, -0.2) is 18.9 Å². The molecule has 0 fully saturated rings. The number of anilines is 1. The number of alkyl carbamates (subject to hydrolysis) is 2. The zero-order valence-electron chi connectivity index (χ0n) is 35.1. The lowest BCUT2D eigenvalue weighted by atomic mass is 10.1. The van der Waals surface area contributed by atoms with Crippen molar-refractivity contribution in [1.82, 2.24) is 26.6 Å². The standard InChI is InChI=1S/C41H52N7O16P/c49-35(45-33(38(52)44-30-18-20-31(21-19-30)48(57)58)24-36(50)46-34(39(53)54)27-64-65(59,60)61)17-8-3-10-22-42-37(51)32(47-41(56)63-26-29-14-6-2-7-15-29)16-9-11-23-43-40(55)62-25-28-12-4-1-5-13-28/h1-2,4-7,12-15,18-21,32-34H,3,8-11,16-17,22-27H2,(H,42,51)(H,43,55)(H,44,52)(H,45,49)(H,46,50)(H,47,56)(H,53,54)(H2,59,60,61)/t32-,33-,34-/m0/s1. The first-order chi connectivity index (χ1) is 31.0. The summed E-state index contributed by atoms with van der Waals surface area (Å²) in [5.74, 6) is -4.96. The molecule has 3 aromatic carbocycles. The third-order valence-corrected chi connectivity index (χ3v) is 9.52. The summed E-state index contributed by atoms with van der Waals surface area (Å²) in [4.78, 5) is 117. The third-order valence-electron chi connectivity index (χ3n) is 9.03. The Hall–Kier alpha value is -6.94. The van der Waals surface area contributed by atoms with Gasteiger partial charge in [0.1, 0.15) is 25.3 Å². The van der Waals surface area contributed by atoms with E-state index < -0.39 is 85.7 Å². The highest BCUT2D eigenvalue weighted by Gasteiger charge is 2.29. The van der Waals surface area contributed by atoms with Crippen LogP contribution < -0.4 is 31.9 Å². The fourth-order valence-corrected chi connectivity index (χ4v) is 6.04. The molecule has 0 spiro atoms. The van der Waals surface area contributed by atoms with Crippen LogP contribution in [0.2, 0.25) is 0 Å². The van der Waals surface area contributed by atoms with Gasteiger partial charge in [-0.2, -0.15) is 0 Å². The van der Waals surface area contributed by atoms with Crippen LogP contribution in [0.1, 0.15) is 62.5 Å². The van der Waals surface area contributed by atoms with Crippen LogP contribution in [0.25, 0.3) is 0 Å². The second kappa shape index (κ2) is 28.0. The molecule has 9 N–H and O–H groups in total. The molecule has 0 bridgehead atoms. The van der Waals surface area contributed by atoms with Crippen LogP contribution in [-0.4, -0.2) is 99.4 Å². The minimum absolute atomic E-state index is 0.0234. The number of non-ortho nitro benzene ring substituents is 1. The molecule has 3 rings (SSSR count). The summed E-state index contributed by atoms with van der Waals surface area (Å²) in [5.41, 5.74) is 1.36. The molecule has 0 saturated heterocycles. The number of carboxylic acids is 1. The van der Waals surface area contributed by atoms with E-state index >= 15 is 0 Å². The molecule has 6 amide bonds. The Labute approximate surface area is 372 Å². The van der Waals surface area contributed by atoms with Gasteiger partial charge in [0.2, 0.25) is 23.6 Å². The second-order valence-corrected chi connectivity index (χ2v) is 15.4. The van der Waals surface area contributed by atoms with E-state index in [4.69, 9.17) is 19.3 Å². The maximum atomic E-state index is 13.2. The molecule has 0 radical (unpaired) electrons. The average Bonchev–Trinajstić information content (AvgIpc) is 3.27. The number of phosphoric ester groups is 1. The van der Waals surface area contributed by atoms with Crippen molar-refractivity contribution in [2.75, 3.05) is 25.0 Å². The molecule has 3 atom stereocenters. The van der Waals surface area contributed by atoms with Gasteiger partial charge in [0, 0.05) is 37.3 Å². The number of rotatable bonds is 28. The van der Waals surface area contributed by atoms with Crippen molar-refractivity contribution < 1.29 is 71.9 Å². The monoisotopic (exact) mass is 929 g/mol. The first-order valence-corrected chi connectivity index (χ1v) is 21.8. The van der Waals surface area contributed by atoms with Gasteiger partial charge in [-0.05, 0) is 55.4 Å². The van der Waals surface area contributed by atoms with Crippen molar-refractivity contribution >= 4 is 61.0 Å². The number of hydrogen-bond acceptors (Lipinski definition) is 13. The number of nitro groups is 1. The number of nitro benzene ring substituents is 1. The number of carboxylic acid groups (broad SMARTS) is 1. The van der Waals surface area contributed by atoms with Crippen LogP contribution in [0.15, 0.2) is 84.9 Å². The van der Waals surface area contributed by atoms with Gasteiger partial charge < -0.3 is 56.3 Å². The highest BCUT2D eigenvalue weighted by molar-refractivity contribution is 7.46. The molecular weight excluding hydrogens is 877 g/mol. The van der Waals surface area contributed by atoms with E-state index in [9.17, 15) is 53.3 Å². The minimum Gasteiger partial charge on any atom is -0.480 e. The number of carbonyl (C=O) groups is 7. The number of hydrogen-bond donors (Lipinski definition) is 9. The lowest BCUT2D eigenvalue weighted by Gasteiger charge is -2.20. The Morgan fingerprint density at radius 3 is 1.80 bits per heavy atom. The quantitative estimate of drug-likeness (QED) is 0.0219. The number of ether oxygens (including phenoxy) is 2. The summed E-state index contributed by atoms with van der Waals surface area (Å²) in [6.45, 7) is -0.625. The Bertz CT molecular complexity index is 2090. The molecule has 352 valence electrons. The Kier molecular flexibility index (Phi) is 22.6. The van der Waals surface area contributed by atoms with Gasteiger partial charge in [0.25, 0.3) is 5.69 Å². The van der Waals surface area contributed by atoms with Crippen molar-refractivity contribution in [2.24, 2.45) is 0 Å².